The number of anilines is 1. The number of fused-ring (bicyclic) bond motifs is 1. The van der Waals surface area contributed by atoms with Crippen LogP contribution in [0.25, 0.3) is 0 Å². The lowest BCUT2D eigenvalue weighted by Gasteiger charge is -2.13. The summed E-state index contributed by atoms with van der Waals surface area (Å²) in [4.78, 5) is 48.3. The average molecular weight is 429 g/mol. The van der Waals surface area contributed by atoms with E-state index < -0.39 is 29.2 Å². The molecule has 0 spiro atoms. The lowest BCUT2D eigenvalue weighted by molar-refractivity contribution is -0.384. The molecule has 0 saturated carbocycles. The molecule has 0 radical (unpaired) electrons. The summed E-state index contributed by atoms with van der Waals surface area (Å²) in [6, 6.07) is 19.1. The van der Waals surface area contributed by atoms with E-state index in [0.717, 1.165) is 17.0 Å². The van der Waals surface area contributed by atoms with Crippen molar-refractivity contribution in [2.45, 2.75) is 0 Å². The van der Waals surface area contributed by atoms with E-state index in [0.29, 0.717) is 17.1 Å². The standard InChI is InChI=1S/C22H15N5O5/c28-20(13-26-21(29)18-11-10-17(27(31)32)12-19(18)22(26)30)23-14-6-8-16(9-7-14)25-24-15-4-2-1-3-5-15/h1-12H,13H2,(H,23,28). The molecule has 32 heavy (non-hydrogen) atoms. The minimum atomic E-state index is -0.750. The van der Waals surface area contributed by atoms with Gasteiger partial charge in [0.25, 0.3) is 17.5 Å². The molecule has 0 bridgehead atoms. The van der Waals surface area contributed by atoms with Crippen LogP contribution in [0.2, 0.25) is 0 Å². The molecule has 1 aliphatic heterocycles. The number of amides is 3. The van der Waals surface area contributed by atoms with Crippen LogP contribution in [0.5, 0.6) is 0 Å². The summed E-state index contributed by atoms with van der Waals surface area (Å²) < 4.78 is 0. The van der Waals surface area contributed by atoms with Gasteiger partial charge < -0.3 is 5.32 Å². The van der Waals surface area contributed by atoms with Gasteiger partial charge in [0.1, 0.15) is 6.54 Å². The fraction of sp³-hybridized carbons (Fsp3) is 0.0455. The average Bonchev–Trinajstić information content (AvgIpc) is 3.03. The van der Waals surface area contributed by atoms with Crippen molar-refractivity contribution in [2.24, 2.45) is 10.2 Å². The first kappa shape index (κ1) is 20.5. The molecule has 3 aromatic carbocycles. The SMILES string of the molecule is O=C(CN1C(=O)c2ccc([N+](=O)[O-])cc2C1=O)Nc1ccc(N=Nc2ccccc2)cc1. The van der Waals surface area contributed by atoms with Gasteiger partial charge >= 0.3 is 0 Å². The van der Waals surface area contributed by atoms with Gasteiger partial charge in [-0.2, -0.15) is 10.2 Å². The third-order valence-corrected chi connectivity index (χ3v) is 4.66. The minimum Gasteiger partial charge on any atom is -0.325 e. The number of rotatable bonds is 6. The van der Waals surface area contributed by atoms with Gasteiger partial charge in [0.15, 0.2) is 0 Å². The van der Waals surface area contributed by atoms with Gasteiger partial charge in [0.05, 0.1) is 27.4 Å². The number of hydrogen-bond acceptors (Lipinski definition) is 7. The second kappa shape index (κ2) is 8.56. The van der Waals surface area contributed by atoms with Crippen LogP contribution in [0.4, 0.5) is 22.7 Å². The first-order chi connectivity index (χ1) is 15.4. The molecule has 0 aliphatic carbocycles. The summed E-state index contributed by atoms with van der Waals surface area (Å²) in [5.74, 6) is -2.01. The molecule has 0 unspecified atom stereocenters. The van der Waals surface area contributed by atoms with Gasteiger partial charge in [-0.05, 0) is 42.5 Å². The number of carbonyl (C=O) groups is 3. The molecule has 0 fully saturated rings. The smallest absolute Gasteiger partial charge is 0.270 e. The van der Waals surface area contributed by atoms with Crippen molar-refractivity contribution in [1.82, 2.24) is 4.90 Å². The Kier molecular flexibility index (Phi) is 5.49. The Hall–Kier alpha value is -4.73. The van der Waals surface area contributed by atoms with Crippen LogP contribution in [-0.2, 0) is 4.79 Å². The highest BCUT2D eigenvalue weighted by Gasteiger charge is 2.37. The molecule has 1 heterocycles. The van der Waals surface area contributed by atoms with E-state index in [2.05, 4.69) is 15.5 Å². The quantitative estimate of drug-likeness (QED) is 0.271. The normalized spacial score (nSPS) is 12.8. The molecule has 10 heteroatoms. The number of benzene rings is 3. The second-order valence-electron chi connectivity index (χ2n) is 6.81. The Bertz CT molecular complexity index is 1260. The van der Waals surface area contributed by atoms with Crippen LogP contribution < -0.4 is 5.32 Å². The maximum Gasteiger partial charge on any atom is 0.270 e. The molecule has 0 aromatic heterocycles. The molecule has 1 N–H and O–H groups in total. The molecule has 158 valence electrons. The molecular weight excluding hydrogens is 414 g/mol. The van der Waals surface area contributed by atoms with Gasteiger partial charge in [-0.15, -0.1) is 0 Å². The Morgan fingerprint density at radius 1 is 0.875 bits per heavy atom. The summed E-state index contributed by atoms with van der Waals surface area (Å²) in [7, 11) is 0. The number of imide groups is 1. The number of hydrogen-bond donors (Lipinski definition) is 1. The largest absolute Gasteiger partial charge is 0.325 e. The summed E-state index contributed by atoms with van der Waals surface area (Å²) in [6.07, 6.45) is 0. The highest BCUT2D eigenvalue weighted by molar-refractivity contribution is 6.23. The van der Waals surface area contributed by atoms with Crippen LogP contribution in [0.15, 0.2) is 83.0 Å². The highest BCUT2D eigenvalue weighted by atomic mass is 16.6. The Morgan fingerprint density at radius 3 is 2.16 bits per heavy atom. The van der Waals surface area contributed by atoms with Gasteiger partial charge in [0.2, 0.25) is 5.91 Å². The number of azo groups is 1. The molecular formula is C22H15N5O5. The minimum absolute atomic E-state index is 0.0292. The summed E-state index contributed by atoms with van der Waals surface area (Å²) in [5, 5.41) is 21.7. The van der Waals surface area contributed by atoms with Crippen LogP contribution in [0, 0.1) is 10.1 Å². The van der Waals surface area contributed by atoms with E-state index in [-0.39, 0.29) is 16.8 Å². The summed E-state index contributed by atoms with van der Waals surface area (Å²) >= 11 is 0. The van der Waals surface area contributed by atoms with Crippen LogP contribution in [-0.4, -0.2) is 34.1 Å². The van der Waals surface area contributed by atoms with Crippen molar-refractivity contribution < 1.29 is 19.3 Å². The third kappa shape index (κ3) is 4.24. The number of nitro benzene ring substituents is 1. The Morgan fingerprint density at radius 2 is 1.50 bits per heavy atom. The monoisotopic (exact) mass is 429 g/mol. The van der Waals surface area contributed by atoms with E-state index in [1.54, 1.807) is 24.3 Å². The fourth-order valence-corrected chi connectivity index (χ4v) is 3.10. The zero-order valence-corrected chi connectivity index (χ0v) is 16.5. The molecule has 10 nitrogen and oxygen atoms in total. The van der Waals surface area contributed by atoms with Crippen molar-refractivity contribution in [3.05, 3.63) is 94.0 Å². The lowest BCUT2D eigenvalue weighted by atomic mass is 10.1. The zero-order valence-electron chi connectivity index (χ0n) is 16.5. The first-order valence-corrected chi connectivity index (χ1v) is 9.44. The Labute approximate surface area is 181 Å². The maximum absolute atomic E-state index is 12.5. The Balaban J connectivity index is 1.39. The van der Waals surface area contributed by atoms with Crippen molar-refractivity contribution in [2.75, 3.05) is 11.9 Å². The molecule has 4 rings (SSSR count). The third-order valence-electron chi connectivity index (χ3n) is 4.66. The van der Waals surface area contributed by atoms with Crippen molar-refractivity contribution in [1.29, 1.82) is 0 Å². The van der Waals surface area contributed by atoms with Gasteiger partial charge in [-0.3, -0.25) is 29.4 Å². The fourth-order valence-electron chi connectivity index (χ4n) is 3.10. The van der Waals surface area contributed by atoms with Gasteiger partial charge in [-0.25, -0.2) is 0 Å². The van der Waals surface area contributed by atoms with Gasteiger partial charge in [-0.1, -0.05) is 18.2 Å². The lowest BCUT2D eigenvalue weighted by Crippen LogP contribution is -2.37. The number of carbonyl (C=O) groups excluding carboxylic acids is 3. The number of nitro groups is 1. The molecule has 3 amide bonds. The summed E-state index contributed by atoms with van der Waals surface area (Å²) in [6.45, 7) is -0.518. The van der Waals surface area contributed by atoms with Crippen LogP contribution in [0.1, 0.15) is 20.7 Å². The van der Waals surface area contributed by atoms with Crippen molar-refractivity contribution in [3.63, 3.8) is 0 Å². The van der Waals surface area contributed by atoms with E-state index >= 15 is 0 Å². The first-order valence-electron chi connectivity index (χ1n) is 9.44. The highest BCUT2D eigenvalue weighted by Crippen LogP contribution is 2.27. The predicted molar refractivity (Wildman–Crippen MR) is 114 cm³/mol. The number of non-ortho nitro benzene ring substituents is 1. The number of nitrogens with zero attached hydrogens (tertiary/aromatic N) is 4. The van der Waals surface area contributed by atoms with E-state index in [9.17, 15) is 24.5 Å². The summed E-state index contributed by atoms with van der Waals surface area (Å²) in [5.41, 5.74) is 1.36. The molecule has 0 atom stereocenters. The topological polar surface area (TPSA) is 134 Å². The van der Waals surface area contributed by atoms with Crippen LogP contribution in [0.3, 0.4) is 0 Å². The van der Waals surface area contributed by atoms with Gasteiger partial charge in [0, 0.05) is 17.8 Å². The van der Waals surface area contributed by atoms with Crippen LogP contribution >= 0.6 is 0 Å². The van der Waals surface area contributed by atoms with Crippen molar-refractivity contribution >= 4 is 40.5 Å². The van der Waals surface area contributed by atoms with E-state index in [1.165, 1.54) is 6.07 Å². The molecule has 1 aliphatic rings. The van der Waals surface area contributed by atoms with E-state index in [1.807, 2.05) is 30.3 Å². The zero-order chi connectivity index (χ0) is 22.7. The van der Waals surface area contributed by atoms with E-state index in [4.69, 9.17) is 0 Å². The maximum atomic E-state index is 12.5. The second-order valence-corrected chi connectivity index (χ2v) is 6.81. The predicted octanol–water partition coefficient (Wildman–Crippen LogP) is 4.24. The molecule has 3 aromatic rings. The van der Waals surface area contributed by atoms with Crippen molar-refractivity contribution in [3.8, 4) is 0 Å². The molecule has 0 saturated heterocycles. The number of nitrogens with one attached hydrogen (secondary N) is 1.